The lowest BCUT2D eigenvalue weighted by atomic mass is 10.2. The molecular weight excluding hydrogens is 376 g/mol. The highest BCUT2D eigenvalue weighted by molar-refractivity contribution is 8.14. The van der Waals surface area contributed by atoms with Gasteiger partial charge in [-0.2, -0.15) is 0 Å². The van der Waals surface area contributed by atoms with Crippen molar-refractivity contribution >= 4 is 57.5 Å². The first-order valence-electron chi connectivity index (χ1n) is 7.78. The van der Waals surface area contributed by atoms with E-state index in [0.717, 1.165) is 17.1 Å². The van der Waals surface area contributed by atoms with Crippen molar-refractivity contribution in [3.8, 4) is 5.75 Å². The summed E-state index contributed by atoms with van der Waals surface area (Å²) >= 11 is 9.38. The average molecular weight is 393 g/mol. The Labute approximate surface area is 160 Å². The fourth-order valence-corrected chi connectivity index (χ4v) is 4.09. The molecular formula is C18H17ClN2O2S2. The van der Waals surface area contributed by atoms with Gasteiger partial charge < -0.3 is 4.74 Å². The summed E-state index contributed by atoms with van der Waals surface area (Å²) in [6.07, 6.45) is 2.82. The Morgan fingerprint density at radius 3 is 2.88 bits per heavy atom. The molecule has 0 unspecified atom stereocenters. The van der Waals surface area contributed by atoms with Crippen molar-refractivity contribution in [1.82, 2.24) is 0 Å². The topological polar surface area (TPSA) is 41.9 Å². The molecule has 0 aliphatic carbocycles. The highest BCUT2D eigenvalue weighted by Gasteiger charge is 2.32. The number of aliphatic imine (C=N–C) groups is 1. The van der Waals surface area contributed by atoms with Crippen molar-refractivity contribution < 1.29 is 9.53 Å². The van der Waals surface area contributed by atoms with E-state index in [1.54, 1.807) is 47.2 Å². The smallest absolute Gasteiger partial charge is 0.283 e. The van der Waals surface area contributed by atoms with Crippen molar-refractivity contribution in [2.75, 3.05) is 17.8 Å². The Balaban J connectivity index is 1.97. The average Bonchev–Trinajstić information content (AvgIpc) is 3.22. The van der Waals surface area contributed by atoms with Gasteiger partial charge >= 0.3 is 0 Å². The highest BCUT2D eigenvalue weighted by Crippen LogP contribution is 2.34. The molecule has 3 rings (SSSR count). The van der Waals surface area contributed by atoms with Gasteiger partial charge in [0.2, 0.25) is 0 Å². The molecule has 0 N–H and O–H groups in total. The summed E-state index contributed by atoms with van der Waals surface area (Å²) in [6, 6.07) is 9.22. The summed E-state index contributed by atoms with van der Waals surface area (Å²) in [7, 11) is 1.56. The van der Waals surface area contributed by atoms with Crippen LogP contribution in [0, 0.1) is 0 Å². The summed E-state index contributed by atoms with van der Waals surface area (Å²) in [4.78, 5) is 20.1. The first-order valence-corrected chi connectivity index (χ1v) is 10.0. The van der Waals surface area contributed by atoms with Crippen molar-refractivity contribution in [3.05, 3.63) is 51.3 Å². The van der Waals surface area contributed by atoms with E-state index in [0.29, 0.717) is 27.3 Å². The second-order valence-electron chi connectivity index (χ2n) is 5.25. The zero-order valence-electron chi connectivity index (χ0n) is 13.9. The Bertz CT molecular complexity index is 832. The van der Waals surface area contributed by atoms with Crippen LogP contribution in [0.25, 0.3) is 6.08 Å². The zero-order chi connectivity index (χ0) is 17.8. The molecule has 25 heavy (non-hydrogen) atoms. The van der Waals surface area contributed by atoms with Gasteiger partial charge in [-0.3, -0.25) is 9.69 Å². The molecule has 1 aromatic carbocycles. The molecule has 2 aromatic rings. The van der Waals surface area contributed by atoms with Gasteiger partial charge in [-0.25, -0.2) is 4.99 Å². The van der Waals surface area contributed by atoms with E-state index in [9.17, 15) is 4.79 Å². The fraction of sp³-hybridized carbons (Fsp3) is 0.222. The van der Waals surface area contributed by atoms with E-state index in [2.05, 4.69) is 11.9 Å². The number of halogens is 1. The maximum atomic E-state index is 12.9. The van der Waals surface area contributed by atoms with E-state index in [1.165, 1.54) is 0 Å². The Hall–Kier alpha value is -1.76. The number of hydrogen-bond donors (Lipinski definition) is 0. The number of hydrogen-bond acceptors (Lipinski definition) is 5. The number of thiophene rings is 1. The first-order chi connectivity index (χ1) is 12.1. The number of rotatable bonds is 5. The van der Waals surface area contributed by atoms with Crippen LogP contribution in [0.4, 0.5) is 5.69 Å². The van der Waals surface area contributed by atoms with Crippen LogP contribution < -0.4 is 9.64 Å². The summed E-state index contributed by atoms with van der Waals surface area (Å²) in [5.74, 6) is 1.32. The third-order valence-electron chi connectivity index (χ3n) is 3.48. The number of methoxy groups -OCH3 is 1. The monoisotopic (exact) mass is 392 g/mol. The number of thioether (sulfide) groups is 1. The summed E-state index contributed by atoms with van der Waals surface area (Å²) in [6.45, 7) is 2.10. The molecule has 7 heteroatoms. The molecule has 2 heterocycles. The molecule has 1 aromatic heterocycles. The fourth-order valence-electron chi connectivity index (χ4n) is 2.32. The summed E-state index contributed by atoms with van der Waals surface area (Å²) in [5, 5.41) is 3.11. The summed E-state index contributed by atoms with van der Waals surface area (Å²) < 4.78 is 5.19. The Morgan fingerprint density at radius 2 is 2.24 bits per heavy atom. The number of benzene rings is 1. The van der Waals surface area contributed by atoms with Crippen LogP contribution in [0.3, 0.4) is 0 Å². The van der Waals surface area contributed by atoms with E-state index in [1.807, 2.05) is 29.7 Å². The minimum absolute atomic E-state index is 0.145. The van der Waals surface area contributed by atoms with Gasteiger partial charge in [0, 0.05) is 10.6 Å². The minimum atomic E-state index is -0.145. The van der Waals surface area contributed by atoms with Gasteiger partial charge in [-0.1, -0.05) is 36.4 Å². The van der Waals surface area contributed by atoms with Crippen LogP contribution in [0.5, 0.6) is 5.75 Å². The van der Waals surface area contributed by atoms with Crippen molar-refractivity contribution in [2.45, 2.75) is 13.3 Å². The third kappa shape index (κ3) is 3.92. The maximum absolute atomic E-state index is 12.9. The number of nitrogens with zero attached hydrogens (tertiary/aromatic N) is 2. The summed E-state index contributed by atoms with van der Waals surface area (Å²) in [5.41, 5.74) is 1.13. The molecule has 4 nitrogen and oxygen atoms in total. The predicted molar refractivity (Wildman–Crippen MR) is 108 cm³/mol. The number of carbonyl (C=O) groups excluding carboxylic acids is 1. The second-order valence-corrected chi connectivity index (χ2v) is 7.70. The molecule has 0 saturated heterocycles. The lowest BCUT2D eigenvalue weighted by Crippen LogP contribution is -2.30. The van der Waals surface area contributed by atoms with E-state index < -0.39 is 0 Å². The van der Waals surface area contributed by atoms with Gasteiger partial charge in [-0.15, -0.1) is 11.3 Å². The molecule has 1 aliphatic heterocycles. The van der Waals surface area contributed by atoms with E-state index in [-0.39, 0.29) is 5.91 Å². The van der Waals surface area contributed by atoms with Crippen LogP contribution in [-0.2, 0) is 4.79 Å². The van der Waals surface area contributed by atoms with Crippen molar-refractivity contribution in [2.24, 2.45) is 4.99 Å². The molecule has 1 amide bonds. The van der Waals surface area contributed by atoms with Gasteiger partial charge in [0.05, 0.1) is 17.8 Å². The normalized spacial score (nSPS) is 15.8. The Morgan fingerprint density at radius 1 is 1.40 bits per heavy atom. The van der Waals surface area contributed by atoms with Crippen LogP contribution >= 0.6 is 34.7 Å². The van der Waals surface area contributed by atoms with Crippen LogP contribution in [0.15, 0.2) is 46.4 Å². The minimum Gasteiger partial charge on any atom is -0.495 e. The Kier molecular flexibility index (Phi) is 5.83. The maximum Gasteiger partial charge on any atom is 0.283 e. The third-order valence-corrected chi connectivity index (χ3v) is 5.74. The standard InChI is InChI=1S/C18H17ClN2O2S2/c1-3-8-25-18-20-15(11-13-5-4-9-24-13)17(22)21(18)12-6-7-16(23-2)14(19)10-12/h4-7,9-11H,3,8H2,1-2H3. The number of ether oxygens (including phenoxy) is 1. The molecule has 0 radical (unpaired) electrons. The molecule has 1 aliphatic rings. The molecule has 0 atom stereocenters. The zero-order valence-corrected chi connectivity index (χ0v) is 16.2. The van der Waals surface area contributed by atoms with Crippen molar-refractivity contribution in [3.63, 3.8) is 0 Å². The van der Waals surface area contributed by atoms with E-state index >= 15 is 0 Å². The van der Waals surface area contributed by atoms with Crippen LogP contribution in [0.1, 0.15) is 18.2 Å². The quantitative estimate of drug-likeness (QED) is 0.648. The number of amidine groups is 1. The molecule has 0 bridgehead atoms. The highest BCUT2D eigenvalue weighted by atomic mass is 35.5. The van der Waals surface area contributed by atoms with Crippen LogP contribution in [0.2, 0.25) is 5.02 Å². The molecule has 130 valence electrons. The SMILES string of the molecule is CCCSC1=NC(=Cc2cccs2)C(=O)N1c1ccc(OC)c(Cl)c1. The molecule has 0 spiro atoms. The lowest BCUT2D eigenvalue weighted by molar-refractivity contribution is -0.113. The van der Waals surface area contributed by atoms with Gasteiger partial charge in [0.1, 0.15) is 11.4 Å². The number of amides is 1. The second kappa shape index (κ2) is 8.08. The molecule has 0 saturated carbocycles. The molecule has 0 fully saturated rings. The van der Waals surface area contributed by atoms with Crippen molar-refractivity contribution in [1.29, 1.82) is 0 Å². The number of anilines is 1. The predicted octanol–water partition coefficient (Wildman–Crippen LogP) is 5.30. The largest absolute Gasteiger partial charge is 0.495 e. The lowest BCUT2D eigenvalue weighted by Gasteiger charge is -2.18. The first kappa shape index (κ1) is 18.0. The van der Waals surface area contributed by atoms with Gasteiger partial charge in [-0.05, 0) is 42.1 Å². The number of carbonyl (C=O) groups is 1. The van der Waals surface area contributed by atoms with Gasteiger partial charge in [0.15, 0.2) is 5.17 Å². The van der Waals surface area contributed by atoms with Crippen LogP contribution in [-0.4, -0.2) is 23.9 Å². The van der Waals surface area contributed by atoms with E-state index in [4.69, 9.17) is 16.3 Å². The van der Waals surface area contributed by atoms with Gasteiger partial charge in [0.25, 0.3) is 5.91 Å².